The Kier molecular flexibility index (Phi) is 3.37. The largest absolute Gasteiger partial charge is 0.335 e. The monoisotopic (exact) mass is 236 g/mol. The normalized spacial score (nSPS) is 14.2. The maximum atomic E-state index is 12.6. The first-order chi connectivity index (χ1) is 8.15. The highest BCUT2D eigenvalue weighted by Crippen LogP contribution is 2.18. The van der Waals surface area contributed by atoms with Gasteiger partial charge in [-0.3, -0.25) is 4.79 Å². The van der Waals surface area contributed by atoms with Crippen molar-refractivity contribution in [3.63, 3.8) is 0 Å². The Labute approximate surface area is 98.2 Å². The molecule has 0 aliphatic heterocycles. The second-order valence-corrected chi connectivity index (χ2v) is 4.03. The number of ketones is 1. The summed E-state index contributed by atoms with van der Waals surface area (Å²) < 4.78 is 12.6. The number of benzene rings is 1. The smallest absolute Gasteiger partial charge is 0.315 e. The molecule has 0 bridgehead atoms. The van der Waals surface area contributed by atoms with Crippen LogP contribution in [0.4, 0.5) is 9.18 Å². The fourth-order valence-corrected chi connectivity index (χ4v) is 1.36. The summed E-state index contributed by atoms with van der Waals surface area (Å²) in [5.74, 6) is -0.628. The SMILES string of the molecule is O=C(NCC(=O)c1ccc(F)cc1)NC1CC1. The van der Waals surface area contributed by atoms with E-state index >= 15 is 0 Å². The predicted molar refractivity (Wildman–Crippen MR) is 60.3 cm³/mol. The predicted octanol–water partition coefficient (Wildman–Crippen LogP) is 1.47. The molecule has 1 aliphatic rings. The number of urea groups is 1. The maximum absolute atomic E-state index is 12.6. The first-order valence-electron chi connectivity index (χ1n) is 5.48. The second-order valence-electron chi connectivity index (χ2n) is 4.03. The van der Waals surface area contributed by atoms with Crippen molar-refractivity contribution < 1.29 is 14.0 Å². The van der Waals surface area contributed by atoms with Gasteiger partial charge in [-0.15, -0.1) is 0 Å². The van der Waals surface area contributed by atoms with Gasteiger partial charge in [-0.2, -0.15) is 0 Å². The molecule has 1 aromatic rings. The number of nitrogens with one attached hydrogen (secondary N) is 2. The van der Waals surface area contributed by atoms with E-state index in [9.17, 15) is 14.0 Å². The fourth-order valence-electron chi connectivity index (χ4n) is 1.36. The van der Waals surface area contributed by atoms with Gasteiger partial charge in [-0.1, -0.05) is 0 Å². The molecule has 0 spiro atoms. The van der Waals surface area contributed by atoms with Gasteiger partial charge in [-0.05, 0) is 37.1 Å². The lowest BCUT2D eigenvalue weighted by Gasteiger charge is -2.05. The van der Waals surface area contributed by atoms with E-state index < -0.39 is 0 Å². The number of rotatable bonds is 4. The molecule has 0 unspecified atom stereocenters. The number of carbonyl (C=O) groups is 2. The summed E-state index contributed by atoms with van der Waals surface area (Å²) in [7, 11) is 0. The lowest BCUT2D eigenvalue weighted by Crippen LogP contribution is -2.39. The van der Waals surface area contributed by atoms with Gasteiger partial charge in [0.2, 0.25) is 0 Å². The molecule has 2 N–H and O–H groups in total. The van der Waals surface area contributed by atoms with E-state index in [2.05, 4.69) is 10.6 Å². The summed E-state index contributed by atoms with van der Waals surface area (Å²) in [5, 5.41) is 5.18. The molecule has 0 saturated heterocycles. The van der Waals surface area contributed by atoms with Crippen LogP contribution in [0.15, 0.2) is 24.3 Å². The van der Waals surface area contributed by atoms with Crippen LogP contribution in [0.5, 0.6) is 0 Å². The zero-order valence-corrected chi connectivity index (χ0v) is 9.20. The molecule has 5 heteroatoms. The van der Waals surface area contributed by atoms with Gasteiger partial charge in [0, 0.05) is 11.6 Å². The molecule has 2 amide bonds. The van der Waals surface area contributed by atoms with Crippen LogP contribution in [0.3, 0.4) is 0 Å². The molecule has 1 aliphatic carbocycles. The highest BCUT2D eigenvalue weighted by atomic mass is 19.1. The summed E-state index contributed by atoms with van der Waals surface area (Å²) in [6, 6.07) is 5.17. The minimum Gasteiger partial charge on any atom is -0.335 e. The Balaban J connectivity index is 1.79. The zero-order valence-electron chi connectivity index (χ0n) is 9.20. The average molecular weight is 236 g/mol. The first kappa shape index (κ1) is 11.6. The third-order valence-corrected chi connectivity index (χ3v) is 2.49. The quantitative estimate of drug-likeness (QED) is 0.778. The summed E-state index contributed by atoms with van der Waals surface area (Å²) in [4.78, 5) is 22.8. The number of hydrogen-bond acceptors (Lipinski definition) is 2. The molecule has 0 heterocycles. The van der Waals surface area contributed by atoms with E-state index in [0.29, 0.717) is 5.56 Å². The molecular formula is C12H13FN2O2. The van der Waals surface area contributed by atoms with Crippen LogP contribution in [0.1, 0.15) is 23.2 Å². The van der Waals surface area contributed by atoms with Gasteiger partial charge in [0.25, 0.3) is 0 Å². The molecule has 2 rings (SSSR count). The molecule has 90 valence electrons. The van der Waals surface area contributed by atoms with Crippen molar-refractivity contribution >= 4 is 11.8 Å². The zero-order chi connectivity index (χ0) is 12.3. The van der Waals surface area contributed by atoms with E-state index in [1.165, 1.54) is 24.3 Å². The Morgan fingerprint density at radius 3 is 2.47 bits per heavy atom. The molecule has 0 aromatic heterocycles. The molecule has 1 saturated carbocycles. The van der Waals surface area contributed by atoms with Crippen molar-refractivity contribution in [3.05, 3.63) is 35.6 Å². The van der Waals surface area contributed by atoms with Crippen molar-refractivity contribution in [2.75, 3.05) is 6.54 Å². The summed E-state index contributed by atoms with van der Waals surface area (Å²) in [6.07, 6.45) is 2.00. The van der Waals surface area contributed by atoms with Crippen molar-refractivity contribution in [1.29, 1.82) is 0 Å². The van der Waals surface area contributed by atoms with Gasteiger partial charge in [-0.25, -0.2) is 9.18 Å². The highest BCUT2D eigenvalue weighted by Gasteiger charge is 2.23. The molecule has 0 atom stereocenters. The van der Waals surface area contributed by atoms with E-state index in [1.54, 1.807) is 0 Å². The van der Waals surface area contributed by atoms with Gasteiger partial charge in [0.05, 0.1) is 6.54 Å². The molecule has 17 heavy (non-hydrogen) atoms. The van der Waals surface area contributed by atoms with Crippen molar-refractivity contribution in [1.82, 2.24) is 10.6 Å². The Morgan fingerprint density at radius 1 is 1.24 bits per heavy atom. The topological polar surface area (TPSA) is 58.2 Å². The van der Waals surface area contributed by atoms with Crippen LogP contribution in [0.2, 0.25) is 0 Å². The van der Waals surface area contributed by atoms with E-state index in [-0.39, 0.29) is 30.2 Å². The third-order valence-electron chi connectivity index (χ3n) is 2.49. The minimum atomic E-state index is -0.388. The second kappa shape index (κ2) is 4.95. The minimum absolute atomic E-state index is 0.0792. The molecule has 1 aromatic carbocycles. The lowest BCUT2D eigenvalue weighted by atomic mass is 10.1. The third kappa shape index (κ3) is 3.55. The van der Waals surface area contributed by atoms with Crippen LogP contribution < -0.4 is 10.6 Å². The Bertz CT molecular complexity index is 427. The van der Waals surface area contributed by atoms with Gasteiger partial charge >= 0.3 is 6.03 Å². The lowest BCUT2D eigenvalue weighted by molar-refractivity contribution is 0.0992. The van der Waals surface area contributed by atoms with Crippen molar-refractivity contribution in [3.8, 4) is 0 Å². The fraction of sp³-hybridized carbons (Fsp3) is 0.333. The van der Waals surface area contributed by atoms with Crippen LogP contribution in [-0.4, -0.2) is 24.4 Å². The van der Waals surface area contributed by atoms with E-state index in [1.807, 2.05) is 0 Å². The number of carbonyl (C=O) groups excluding carboxylic acids is 2. The molecular weight excluding hydrogens is 223 g/mol. The summed E-state index contributed by atoms with van der Waals surface area (Å²) in [5.41, 5.74) is 0.387. The van der Waals surface area contributed by atoms with Gasteiger partial charge in [0.1, 0.15) is 5.82 Å². The molecule has 0 radical (unpaired) electrons. The number of hydrogen-bond donors (Lipinski definition) is 2. The first-order valence-corrected chi connectivity index (χ1v) is 5.48. The number of amides is 2. The van der Waals surface area contributed by atoms with Crippen LogP contribution >= 0.6 is 0 Å². The van der Waals surface area contributed by atoms with Crippen LogP contribution in [-0.2, 0) is 0 Å². The summed E-state index contributed by atoms with van der Waals surface area (Å²) >= 11 is 0. The van der Waals surface area contributed by atoms with Crippen LogP contribution in [0.25, 0.3) is 0 Å². The maximum Gasteiger partial charge on any atom is 0.315 e. The van der Waals surface area contributed by atoms with Crippen molar-refractivity contribution in [2.24, 2.45) is 0 Å². The van der Waals surface area contributed by atoms with Gasteiger partial charge in [0.15, 0.2) is 5.78 Å². The highest BCUT2D eigenvalue weighted by molar-refractivity contribution is 5.99. The van der Waals surface area contributed by atoms with E-state index in [4.69, 9.17) is 0 Å². The molecule has 1 fully saturated rings. The van der Waals surface area contributed by atoms with Gasteiger partial charge < -0.3 is 10.6 Å². The molecule has 4 nitrogen and oxygen atoms in total. The number of halogens is 1. The van der Waals surface area contributed by atoms with E-state index in [0.717, 1.165) is 12.8 Å². The summed E-state index contributed by atoms with van der Waals surface area (Å²) in [6.45, 7) is -0.0792. The van der Waals surface area contributed by atoms with Crippen LogP contribution in [0, 0.1) is 5.82 Å². The Morgan fingerprint density at radius 2 is 1.88 bits per heavy atom. The Hall–Kier alpha value is -1.91. The van der Waals surface area contributed by atoms with Crippen molar-refractivity contribution in [2.45, 2.75) is 18.9 Å². The average Bonchev–Trinajstić information content (AvgIpc) is 3.11. The number of Topliss-reactive ketones (excluding diaryl/α,β-unsaturated/α-hetero) is 1. The standard InChI is InChI=1S/C12H13FN2O2/c13-9-3-1-8(2-4-9)11(16)7-14-12(17)15-10-5-6-10/h1-4,10H,5-7H2,(H2,14,15,17).